The standard InChI is InChI=1S/C6H4F2.2BrH.Mg/c7-5-1-2-6(8)4-3-5;;;/h1-4H;2*1H;/q;;;+2/p-2. The molecule has 0 nitrogen and oxygen atoms in total. The summed E-state index contributed by atoms with van der Waals surface area (Å²) in [6, 6.07) is 4.31. The summed E-state index contributed by atoms with van der Waals surface area (Å²) < 4.78 is 23.8. The number of hydrogen-bond donors (Lipinski definition) is 0. The van der Waals surface area contributed by atoms with Crippen LogP contribution in [0, 0.1) is 11.6 Å². The van der Waals surface area contributed by atoms with Gasteiger partial charge in [-0.15, -0.1) is 0 Å². The summed E-state index contributed by atoms with van der Waals surface area (Å²) in [5.41, 5.74) is 0. The fraction of sp³-hybridized carbons (Fsp3) is 0. The average Bonchev–Trinajstić information content (AvgIpc) is 1.77. The first kappa shape index (κ1) is 17.8. The minimum absolute atomic E-state index is 0. The van der Waals surface area contributed by atoms with Crippen LogP contribution in [0.3, 0.4) is 0 Å². The summed E-state index contributed by atoms with van der Waals surface area (Å²) >= 11 is 0. The van der Waals surface area contributed by atoms with Crippen molar-refractivity contribution in [2.24, 2.45) is 0 Å². The minimum Gasteiger partial charge on any atom is -1.00 e. The van der Waals surface area contributed by atoms with Gasteiger partial charge in [-0.05, 0) is 24.3 Å². The van der Waals surface area contributed by atoms with Crippen molar-refractivity contribution >= 4 is 23.1 Å². The molecule has 0 unspecified atom stereocenters. The monoisotopic (exact) mass is 296 g/mol. The quantitative estimate of drug-likeness (QED) is 0.424. The van der Waals surface area contributed by atoms with Crippen LogP contribution in [0.2, 0.25) is 0 Å². The maximum atomic E-state index is 11.9. The molecule has 58 valence electrons. The zero-order valence-corrected chi connectivity index (χ0v) is 10.1. The zero-order chi connectivity index (χ0) is 5.98. The first-order chi connectivity index (χ1) is 3.79. The van der Waals surface area contributed by atoms with E-state index in [1.807, 2.05) is 0 Å². The van der Waals surface area contributed by atoms with E-state index in [0.717, 1.165) is 24.3 Å². The van der Waals surface area contributed by atoms with Crippen LogP contribution >= 0.6 is 0 Å². The van der Waals surface area contributed by atoms with Gasteiger partial charge in [0, 0.05) is 0 Å². The van der Waals surface area contributed by atoms with Crippen molar-refractivity contribution in [2.75, 3.05) is 0 Å². The molecule has 0 aliphatic heterocycles. The Hall–Kier alpha value is 0.806. The summed E-state index contributed by atoms with van der Waals surface area (Å²) in [6.45, 7) is 0. The van der Waals surface area contributed by atoms with Crippen LogP contribution in [0.5, 0.6) is 0 Å². The molecule has 11 heavy (non-hydrogen) atoms. The van der Waals surface area contributed by atoms with E-state index in [4.69, 9.17) is 0 Å². The zero-order valence-electron chi connectivity index (χ0n) is 5.53. The average molecular weight is 298 g/mol. The van der Waals surface area contributed by atoms with Crippen LogP contribution in [0.1, 0.15) is 0 Å². The maximum Gasteiger partial charge on any atom is 2.00 e. The van der Waals surface area contributed by atoms with Gasteiger partial charge >= 0.3 is 23.1 Å². The van der Waals surface area contributed by atoms with Crippen LogP contribution < -0.4 is 34.0 Å². The number of hydrogen-bond acceptors (Lipinski definition) is 0. The Morgan fingerprint density at radius 3 is 1.09 bits per heavy atom. The van der Waals surface area contributed by atoms with Crippen LogP contribution in [-0.4, -0.2) is 23.1 Å². The predicted octanol–water partition coefficient (Wildman–Crippen LogP) is -4.41. The van der Waals surface area contributed by atoms with Crippen molar-refractivity contribution in [1.29, 1.82) is 0 Å². The van der Waals surface area contributed by atoms with Crippen molar-refractivity contribution in [1.82, 2.24) is 0 Å². The molecular weight excluding hydrogens is 294 g/mol. The largest absolute Gasteiger partial charge is 2.00 e. The van der Waals surface area contributed by atoms with Gasteiger partial charge in [-0.3, -0.25) is 0 Å². The van der Waals surface area contributed by atoms with Crippen LogP contribution in [0.25, 0.3) is 0 Å². The van der Waals surface area contributed by atoms with Gasteiger partial charge in [0.2, 0.25) is 0 Å². The van der Waals surface area contributed by atoms with E-state index < -0.39 is 11.6 Å². The molecule has 0 aromatic heterocycles. The molecular formula is C6H4Br2F2Mg. The summed E-state index contributed by atoms with van der Waals surface area (Å²) in [4.78, 5) is 0. The topological polar surface area (TPSA) is 0 Å². The van der Waals surface area contributed by atoms with Crippen molar-refractivity contribution in [2.45, 2.75) is 0 Å². The number of halogens is 4. The molecule has 0 spiro atoms. The van der Waals surface area contributed by atoms with E-state index in [1.165, 1.54) is 0 Å². The van der Waals surface area contributed by atoms with Crippen LogP contribution in [0.4, 0.5) is 8.78 Å². The fourth-order valence-corrected chi connectivity index (χ4v) is 0.430. The van der Waals surface area contributed by atoms with E-state index in [2.05, 4.69) is 0 Å². The molecule has 1 aromatic carbocycles. The first-order valence-electron chi connectivity index (χ1n) is 2.20. The third-order valence-corrected chi connectivity index (χ3v) is 0.804. The SMILES string of the molecule is Fc1ccc(F)cc1.[Br-].[Br-].[Mg+2]. The smallest absolute Gasteiger partial charge is 1.00 e. The predicted molar refractivity (Wildman–Crippen MR) is 32.1 cm³/mol. The van der Waals surface area contributed by atoms with Gasteiger partial charge < -0.3 is 34.0 Å². The Morgan fingerprint density at radius 1 is 0.727 bits per heavy atom. The van der Waals surface area contributed by atoms with Gasteiger partial charge in [-0.1, -0.05) is 0 Å². The third kappa shape index (κ3) is 7.18. The molecule has 0 aliphatic rings. The molecule has 0 atom stereocenters. The molecule has 0 N–H and O–H groups in total. The molecule has 0 radical (unpaired) electrons. The Labute approximate surface area is 101 Å². The summed E-state index contributed by atoms with van der Waals surface area (Å²) in [7, 11) is 0. The molecule has 0 aliphatic carbocycles. The van der Waals surface area contributed by atoms with Crippen molar-refractivity contribution < 1.29 is 42.7 Å². The normalized spacial score (nSPS) is 6.73. The van der Waals surface area contributed by atoms with E-state index in [0.29, 0.717) is 0 Å². The van der Waals surface area contributed by atoms with Crippen molar-refractivity contribution in [3.63, 3.8) is 0 Å². The molecule has 0 saturated carbocycles. The second-order valence-corrected chi connectivity index (χ2v) is 1.44. The van der Waals surface area contributed by atoms with Crippen LogP contribution in [0.15, 0.2) is 24.3 Å². The molecule has 5 heteroatoms. The molecule has 0 saturated heterocycles. The number of rotatable bonds is 0. The summed E-state index contributed by atoms with van der Waals surface area (Å²) in [6.07, 6.45) is 0. The number of benzene rings is 1. The third-order valence-electron chi connectivity index (χ3n) is 0.804. The Morgan fingerprint density at radius 2 is 0.909 bits per heavy atom. The molecule has 1 aromatic rings. The van der Waals surface area contributed by atoms with Gasteiger partial charge in [-0.2, -0.15) is 0 Å². The van der Waals surface area contributed by atoms with E-state index >= 15 is 0 Å². The van der Waals surface area contributed by atoms with Gasteiger partial charge in [0.1, 0.15) is 11.6 Å². The molecule has 0 amide bonds. The molecule has 1 rings (SSSR count). The summed E-state index contributed by atoms with van der Waals surface area (Å²) in [5.74, 6) is -0.821. The molecule has 0 fully saturated rings. The molecule has 0 heterocycles. The van der Waals surface area contributed by atoms with Crippen LogP contribution in [-0.2, 0) is 0 Å². The van der Waals surface area contributed by atoms with Gasteiger partial charge in [-0.25, -0.2) is 8.78 Å². The Kier molecular flexibility index (Phi) is 14.4. The van der Waals surface area contributed by atoms with Gasteiger partial charge in [0.25, 0.3) is 0 Å². The molecule has 0 bridgehead atoms. The van der Waals surface area contributed by atoms with E-state index in [-0.39, 0.29) is 57.0 Å². The van der Waals surface area contributed by atoms with Gasteiger partial charge in [0.05, 0.1) is 0 Å². The first-order valence-corrected chi connectivity index (χ1v) is 2.20. The summed E-state index contributed by atoms with van der Waals surface area (Å²) in [5, 5.41) is 0. The maximum absolute atomic E-state index is 11.9. The minimum atomic E-state index is -0.411. The van der Waals surface area contributed by atoms with Gasteiger partial charge in [0.15, 0.2) is 0 Å². The van der Waals surface area contributed by atoms with Crippen molar-refractivity contribution in [3.8, 4) is 0 Å². The van der Waals surface area contributed by atoms with Crippen molar-refractivity contribution in [3.05, 3.63) is 35.9 Å². The fourth-order valence-electron chi connectivity index (χ4n) is 0.430. The Balaban J connectivity index is -0.000000213. The Bertz CT molecular complexity index is 157. The second-order valence-electron chi connectivity index (χ2n) is 1.44. The van der Waals surface area contributed by atoms with E-state index in [1.54, 1.807) is 0 Å². The van der Waals surface area contributed by atoms with E-state index in [9.17, 15) is 8.78 Å². The second kappa shape index (κ2) is 8.90.